The van der Waals surface area contributed by atoms with Gasteiger partial charge in [0.25, 0.3) is 0 Å². The molecule has 4 rings (SSSR count). The zero-order valence-electron chi connectivity index (χ0n) is 15.5. The van der Waals surface area contributed by atoms with Gasteiger partial charge in [-0.25, -0.2) is 4.79 Å². The highest BCUT2D eigenvalue weighted by atomic mass is 16.2. The fourth-order valence-corrected chi connectivity index (χ4v) is 4.10. The molecule has 3 heterocycles. The van der Waals surface area contributed by atoms with E-state index in [4.69, 9.17) is 0 Å². The molecule has 3 amide bonds. The monoisotopic (exact) mass is 364 g/mol. The van der Waals surface area contributed by atoms with Gasteiger partial charge in [-0.05, 0) is 42.7 Å². The Morgan fingerprint density at radius 1 is 1.26 bits per heavy atom. The van der Waals surface area contributed by atoms with E-state index >= 15 is 0 Å². The first-order valence-corrected chi connectivity index (χ1v) is 9.33. The zero-order chi connectivity index (χ0) is 18.9. The van der Waals surface area contributed by atoms with Gasteiger partial charge in [-0.3, -0.25) is 9.78 Å². The summed E-state index contributed by atoms with van der Waals surface area (Å²) in [6.45, 7) is 4.49. The molecule has 0 saturated carbocycles. The van der Waals surface area contributed by atoms with Crippen molar-refractivity contribution in [3.8, 4) is 0 Å². The normalized spacial score (nSPS) is 21.9. The summed E-state index contributed by atoms with van der Waals surface area (Å²) in [5.74, 6) is 0.151. The van der Waals surface area contributed by atoms with E-state index in [0.717, 1.165) is 23.2 Å². The molecule has 2 saturated heterocycles. The maximum atomic E-state index is 12.6. The second kappa shape index (κ2) is 7.02. The van der Waals surface area contributed by atoms with Crippen molar-refractivity contribution in [1.29, 1.82) is 0 Å². The summed E-state index contributed by atoms with van der Waals surface area (Å²) in [6, 6.07) is 11.8. The predicted octanol–water partition coefficient (Wildman–Crippen LogP) is 2.73. The topological polar surface area (TPSA) is 65.5 Å². The lowest BCUT2D eigenvalue weighted by molar-refractivity contribution is -0.117. The van der Waals surface area contributed by atoms with E-state index in [2.05, 4.69) is 10.3 Å². The van der Waals surface area contributed by atoms with E-state index in [-0.39, 0.29) is 17.4 Å². The van der Waals surface area contributed by atoms with Gasteiger partial charge in [-0.2, -0.15) is 0 Å². The third kappa shape index (κ3) is 3.65. The molecular formula is C21H24N4O2. The van der Waals surface area contributed by atoms with Crippen LogP contribution in [0.1, 0.15) is 24.0 Å². The van der Waals surface area contributed by atoms with E-state index in [9.17, 15) is 9.59 Å². The Kier molecular flexibility index (Phi) is 4.56. The van der Waals surface area contributed by atoms with Gasteiger partial charge in [0.1, 0.15) is 0 Å². The molecule has 2 aliphatic heterocycles. The Labute approximate surface area is 159 Å². The Balaban J connectivity index is 1.38. The maximum absolute atomic E-state index is 12.6. The number of benzene rings is 1. The van der Waals surface area contributed by atoms with Crippen molar-refractivity contribution in [2.24, 2.45) is 5.41 Å². The van der Waals surface area contributed by atoms with Crippen LogP contribution in [0.25, 0.3) is 0 Å². The van der Waals surface area contributed by atoms with Crippen molar-refractivity contribution >= 4 is 17.6 Å². The van der Waals surface area contributed by atoms with Crippen molar-refractivity contribution in [1.82, 2.24) is 15.2 Å². The third-order valence-corrected chi connectivity index (χ3v) is 5.53. The van der Waals surface area contributed by atoms with Gasteiger partial charge < -0.3 is 15.1 Å². The van der Waals surface area contributed by atoms with E-state index in [1.54, 1.807) is 12.4 Å². The number of carbonyl (C=O) groups is 2. The quantitative estimate of drug-likeness (QED) is 0.911. The van der Waals surface area contributed by atoms with Gasteiger partial charge in [0.15, 0.2) is 0 Å². The van der Waals surface area contributed by atoms with E-state index in [1.807, 2.05) is 53.1 Å². The SMILES string of the molecule is Cc1cccc(N2CC3(CCN(C(=O)NCc4cccnc4)C3)CC2=O)c1. The average molecular weight is 364 g/mol. The number of nitrogens with one attached hydrogen (secondary N) is 1. The molecule has 6 nitrogen and oxygen atoms in total. The molecule has 1 spiro atoms. The van der Waals surface area contributed by atoms with E-state index < -0.39 is 0 Å². The highest BCUT2D eigenvalue weighted by Gasteiger charge is 2.48. The number of nitrogens with zero attached hydrogens (tertiary/aromatic N) is 3. The molecule has 1 atom stereocenters. The summed E-state index contributed by atoms with van der Waals surface area (Å²) in [6.07, 6.45) is 4.84. The zero-order valence-corrected chi connectivity index (χ0v) is 15.5. The molecular weight excluding hydrogens is 340 g/mol. The summed E-state index contributed by atoms with van der Waals surface area (Å²) in [5, 5.41) is 2.96. The van der Waals surface area contributed by atoms with Crippen LogP contribution in [0.2, 0.25) is 0 Å². The minimum absolute atomic E-state index is 0.0721. The smallest absolute Gasteiger partial charge is 0.317 e. The van der Waals surface area contributed by atoms with Crippen molar-refractivity contribution in [2.45, 2.75) is 26.3 Å². The van der Waals surface area contributed by atoms with Crippen LogP contribution in [0, 0.1) is 12.3 Å². The summed E-state index contributed by atoms with van der Waals surface area (Å²) < 4.78 is 0. The molecule has 140 valence electrons. The largest absolute Gasteiger partial charge is 0.334 e. The lowest BCUT2D eigenvalue weighted by Gasteiger charge is -2.24. The summed E-state index contributed by atoms with van der Waals surface area (Å²) in [5.41, 5.74) is 2.94. The fourth-order valence-electron chi connectivity index (χ4n) is 4.10. The number of urea groups is 1. The van der Waals surface area contributed by atoms with Crippen molar-refractivity contribution in [3.63, 3.8) is 0 Å². The van der Waals surface area contributed by atoms with E-state index in [1.165, 1.54) is 0 Å². The number of likely N-dealkylation sites (tertiary alicyclic amines) is 1. The molecule has 2 aliphatic rings. The number of pyridine rings is 1. The summed E-state index contributed by atoms with van der Waals surface area (Å²) in [4.78, 5) is 32.9. The van der Waals surface area contributed by atoms with Crippen LogP contribution in [-0.4, -0.2) is 41.5 Å². The van der Waals surface area contributed by atoms with Gasteiger partial charge >= 0.3 is 6.03 Å². The first kappa shape index (κ1) is 17.5. The van der Waals surface area contributed by atoms with Crippen LogP contribution in [0.4, 0.5) is 10.5 Å². The van der Waals surface area contributed by atoms with E-state index in [0.29, 0.717) is 32.6 Å². The van der Waals surface area contributed by atoms with Crippen LogP contribution in [-0.2, 0) is 11.3 Å². The number of hydrogen-bond donors (Lipinski definition) is 1. The molecule has 1 aromatic carbocycles. The average Bonchev–Trinajstić information content (AvgIpc) is 3.23. The Hall–Kier alpha value is -2.89. The minimum atomic E-state index is -0.132. The van der Waals surface area contributed by atoms with Crippen LogP contribution in [0.3, 0.4) is 0 Å². The Morgan fingerprint density at radius 3 is 2.93 bits per heavy atom. The molecule has 1 aromatic heterocycles. The Bertz CT molecular complexity index is 854. The second-order valence-electron chi connectivity index (χ2n) is 7.69. The molecule has 0 bridgehead atoms. The highest BCUT2D eigenvalue weighted by molar-refractivity contribution is 5.96. The molecule has 0 radical (unpaired) electrons. The number of carbonyl (C=O) groups excluding carboxylic acids is 2. The highest BCUT2D eigenvalue weighted by Crippen LogP contribution is 2.41. The maximum Gasteiger partial charge on any atom is 0.317 e. The van der Waals surface area contributed by atoms with Gasteiger partial charge in [0, 0.05) is 56.1 Å². The molecule has 27 heavy (non-hydrogen) atoms. The van der Waals surface area contributed by atoms with Crippen molar-refractivity contribution in [2.75, 3.05) is 24.5 Å². The predicted molar refractivity (Wildman–Crippen MR) is 103 cm³/mol. The minimum Gasteiger partial charge on any atom is -0.334 e. The van der Waals surface area contributed by atoms with Crippen molar-refractivity contribution < 1.29 is 9.59 Å². The number of hydrogen-bond acceptors (Lipinski definition) is 3. The summed E-state index contributed by atoms with van der Waals surface area (Å²) >= 11 is 0. The lowest BCUT2D eigenvalue weighted by Crippen LogP contribution is -2.40. The number of aryl methyl sites for hydroxylation is 1. The number of aromatic nitrogens is 1. The summed E-state index contributed by atoms with van der Waals surface area (Å²) in [7, 11) is 0. The fraction of sp³-hybridized carbons (Fsp3) is 0.381. The van der Waals surface area contributed by atoms with Gasteiger partial charge in [0.05, 0.1) is 0 Å². The number of anilines is 1. The Morgan fingerprint density at radius 2 is 2.15 bits per heavy atom. The van der Waals surface area contributed by atoms with Gasteiger partial charge in [-0.15, -0.1) is 0 Å². The standard InChI is InChI=1S/C21H24N4O2/c1-16-4-2-6-18(10-16)25-15-21(11-19(25)26)7-9-24(14-21)20(27)23-13-17-5-3-8-22-12-17/h2-6,8,10,12H,7,9,11,13-15H2,1H3,(H,23,27). The molecule has 1 N–H and O–H groups in total. The first-order chi connectivity index (χ1) is 13.0. The van der Waals surface area contributed by atoms with Gasteiger partial charge in [-0.1, -0.05) is 18.2 Å². The second-order valence-corrected chi connectivity index (χ2v) is 7.69. The molecule has 0 aliphatic carbocycles. The van der Waals surface area contributed by atoms with Crippen LogP contribution >= 0.6 is 0 Å². The van der Waals surface area contributed by atoms with Gasteiger partial charge in [0.2, 0.25) is 5.91 Å². The number of amides is 3. The molecule has 1 unspecified atom stereocenters. The van der Waals surface area contributed by atoms with Crippen LogP contribution in [0.5, 0.6) is 0 Å². The number of rotatable bonds is 3. The van der Waals surface area contributed by atoms with Crippen molar-refractivity contribution in [3.05, 3.63) is 59.9 Å². The molecule has 2 aromatic rings. The van der Waals surface area contributed by atoms with Crippen LogP contribution in [0.15, 0.2) is 48.8 Å². The lowest BCUT2D eigenvalue weighted by atomic mass is 9.86. The third-order valence-electron chi connectivity index (χ3n) is 5.53. The molecule has 6 heteroatoms. The molecule has 2 fully saturated rings. The first-order valence-electron chi connectivity index (χ1n) is 9.33. The van der Waals surface area contributed by atoms with Crippen LogP contribution < -0.4 is 10.2 Å².